The number of pyridine rings is 1. The lowest BCUT2D eigenvalue weighted by Crippen LogP contribution is -2.06. The standard InChI is InChI=1S/C13H13N5/c1-9-3-4-15-7-11(9)8-16-13-17-10(2)5-12(6-14)18-13/h3-5,7H,8H2,1-2H3,(H,16,17,18). The molecule has 0 saturated heterocycles. The molecule has 0 fully saturated rings. The Balaban J connectivity index is 2.14. The Labute approximate surface area is 106 Å². The van der Waals surface area contributed by atoms with Gasteiger partial charge in [-0.15, -0.1) is 0 Å². The van der Waals surface area contributed by atoms with E-state index in [1.54, 1.807) is 12.3 Å². The van der Waals surface area contributed by atoms with Crippen LogP contribution in [0.1, 0.15) is 22.5 Å². The van der Waals surface area contributed by atoms with E-state index in [0.717, 1.165) is 16.8 Å². The van der Waals surface area contributed by atoms with E-state index in [0.29, 0.717) is 18.2 Å². The summed E-state index contributed by atoms with van der Waals surface area (Å²) in [6.45, 7) is 4.45. The topological polar surface area (TPSA) is 74.5 Å². The first-order valence-corrected chi connectivity index (χ1v) is 5.58. The van der Waals surface area contributed by atoms with Crippen molar-refractivity contribution >= 4 is 5.95 Å². The zero-order valence-corrected chi connectivity index (χ0v) is 10.3. The minimum absolute atomic E-state index is 0.368. The Kier molecular flexibility index (Phi) is 3.49. The fraction of sp³-hybridized carbons (Fsp3) is 0.231. The predicted molar refractivity (Wildman–Crippen MR) is 67.8 cm³/mol. The average Bonchev–Trinajstić information content (AvgIpc) is 2.37. The molecular weight excluding hydrogens is 226 g/mol. The third kappa shape index (κ3) is 2.80. The molecule has 0 radical (unpaired) electrons. The molecule has 0 unspecified atom stereocenters. The molecule has 0 aliphatic heterocycles. The SMILES string of the molecule is Cc1cc(C#N)nc(NCc2cnccc2C)n1. The van der Waals surface area contributed by atoms with Gasteiger partial charge >= 0.3 is 0 Å². The molecule has 5 nitrogen and oxygen atoms in total. The van der Waals surface area contributed by atoms with Gasteiger partial charge < -0.3 is 5.32 Å². The van der Waals surface area contributed by atoms with Gasteiger partial charge in [-0.25, -0.2) is 9.97 Å². The van der Waals surface area contributed by atoms with Crippen LogP contribution in [0.2, 0.25) is 0 Å². The molecule has 18 heavy (non-hydrogen) atoms. The normalized spacial score (nSPS) is 9.83. The highest BCUT2D eigenvalue weighted by Gasteiger charge is 2.03. The van der Waals surface area contributed by atoms with Gasteiger partial charge in [0.15, 0.2) is 0 Å². The van der Waals surface area contributed by atoms with Gasteiger partial charge in [-0.05, 0) is 37.1 Å². The van der Waals surface area contributed by atoms with Crippen molar-refractivity contribution in [2.24, 2.45) is 0 Å². The molecule has 1 N–H and O–H groups in total. The summed E-state index contributed by atoms with van der Waals surface area (Å²) in [5, 5.41) is 11.9. The fourth-order valence-electron chi connectivity index (χ4n) is 1.56. The molecule has 0 aliphatic rings. The van der Waals surface area contributed by atoms with Gasteiger partial charge in [0.05, 0.1) is 0 Å². The van der Waals surface area contributed by atoms with E-state index in [-0.39, 0.29) is 0 Å². The maximum Gasteiger partial charge on any atom is 0.224 e. The minimum atomic E-state index is 0.368. The van der Waals surface area contributed by atoms with E-state index in [4.69, 9.17) is 5.26 Å². The maximum absolute atomic E-state index is 8.84. The van der Waals surface area contributed by atoms with E-state index in [1.807, 2.05) is 32.2 Å². The van der Waals surface area contributed by atoms with Crippen LogP contribution in [0.15, 0.2) is 24.5 Å². The summed E-state index contributed by atoms with van der Waals surface area (Å²) in [5.74, 6) is 0.467. The molecule has 2 heterocycles. The molecule has 0 aromatic carbocycles. The van der Waals surface area contributed by atoms with Crippen molar-refractivity contribution in [3.05, 3.63) is 47.0 Å². The Hall–Kier alpha value is -2.48. The highest BCUT2D eigenvalue weighted by molar-refractivity contribution is 5.34. The Morgan fingerprint density at radius 2 is 2.17 bits per heavy atom. The second kappa shape index (κ2) is 5.23. The molecule has 0 aliphatic carbocycles. The first kappa shape index (κ1) is 12.0. The molecule has 90 valence electrons. The third-order valence-electron chi connectivity index (χ3n) is 2.55. The molecule has 0 saturated carbocycles. The van der Waals surface area contributed by atoms with E-state index in [2.05, 4.69) is 20.3 Å². The summed E-state index contributed by atoms with van der Waals surface area (Å²) in [5.41, 5.74) is 3.38. The van der Waals surface area contributed by atoms with Crippen molar-refractivity contribution in [3.8, 4) is 6.07 Å². The third-order valence-corrected chi connectivity index (χ3v) is 2.55. The summed E-state index contributed by atoms with van der Waals surface area (Å²) in [7, 11) is 0. The van der Waals surface area contributed by atoms with Gasteiger partial charge in [0.1, 0.15) is 11.8 Å². The van der Waals surface area contributed by atoms with Gasteiger partial charge in [0.2, 0.25) is 5.95 Å². The van der Waals surface area contributed by atoms with E-state index in [1.165, 1.54) is 0 Å². The van der Waals surface area contributed by atoms with Crippen LogP contribution in [0.3, 0.4) is 0 Å². The Bertz CT molecular complexity index is 601. The Morgan fingerprint density at radius 3 is 2.89 bits per heavy atom. The quantitative estimate of drug-likeness (QED) is 0.886. The van der Waals surface area contributed by atoms with E-state index < -0.39 is 0 Å². The van der Waals surface area contributed by atoms with Crippen LogP contribution in [-0.4, -0.2) is 15.0 Å². The van der Waals surface area contributed by atoms with Crippen molar-refractivity contribution in [2.45, 2.75) is 20.4 Å². The molecular formula is C13H13N5. The monoisotopic (exact) mass is 239 g/mol. The molecule has 5 heteroatoms. The highest BCUT2D eigenvalue weighted by Crippen LogP contribution is 2.09. The van der Waals surface area contributed by atoms with Crippen molar-refractivity contribution < 1.29 is 0 Å². The van der Waals surface area contributed by atoms with Crippen LogP contribution in [0.5, 0.6) is 0 Å². The summed E-state index contributed by atoms with van der Waals surface area (Å²) in [6.07, 6.45) is 3.57. The molecule has 2 rings (SSSR count). The summed E-state index contributed by atoms with van der Waals surface area (Å²) in [6, 6.07) is 5.62. The van der Waals surface area contributed by atoms with Crippen LogP contribution < -0.4 is 5.32 Å². The smallest absolute Gasteiger partial charge is 0.224 e. The molecule has 0 atom stereocenters. The fourth-order valence-corrected chi connectivity index (χ4v) is 1.56. The lowest BCUT2D eigenvalue weighted by Gasteiger charge is -2.07. The number of anilines is 1. The molecule has 0 spiro atoms. The number of nitriles is 1. The number of nitrogens with one attached hydrogen (secondary N) is 1. The number of aryl methyl sites for hydroxylation is 2. The number of hydrogen-bond donors (Lipinski definition) is 1. The predicted octanol–water partition coefficient (Wildman–Crippen LogP) is 1.97. The van der Waals surface area contributed by atoms with Crippen LogP contribution in [0, 0.1) is 25.2 Å². The van der Waals surface area contributed by atoms with Crippen molar-refractivity contribution in [1.82, 2.24) is 15.0 Å². The first-order chi connectivity index (χ1) is 8.69. The lowest BCUT2D eigenvalue weighted by atomic mass is 10.2. The summed E-state index contributed by atoms with van der Waals surface area (Å²) < 4.78 is 0. The second-order valence-corrected chi connectivity index (χ2v) is 3.99. The van der Waals surface area contributed by atoms with Crippen LogP contribution in [-0.2, 0) is 6.54 Å². The number of rotatable bonds is 3. The number of hydrogen-bond acceptors (Lipinski definition) is 5. The zero-order chi connectivity index (χ0) is 13.0. The minimum Gasteiger partial charge on any atom is -0.350 e. The van der Waals surface area contributed by atoms with E-state index in [9.17, 15) is 0 Å². The van der Waals surface area contributed by atoms with Crippen molar-refractivity contribution in [1.29, 1.82) is 5.26 Å². The van der Waals surface area contributed by atoms with Crippen molar-refractivity contribution in [2.75, 3.05) is 5.32 Å². The molecule has 0 bridgehead atoms. The van der Waals surface area contributed by atoms with Crippen LogP contribution >= 0.6 is 0 Å². The Morgan fingerprint density at radius 1 is 1.33 bits per heavy atom. The summed E-state index contributed by atoms with van der Waals surface area (Å²) >= 11 is 0. The summed E-state index contributed by atoms with van der Waals surface area (Å²) in [4.78, 5) is 12.4. The van der Waals surface area contributed by atoms with Crippen LogP contribution in [0.4, 0.5) is 5.95 Å². The zero-order valence-electron chi connectivity index (χ0n) is 10.3. The lowest BCUT2D eigenvalue weighted by molar-refractivity contribution is 1.00. The second-order valence-electron chi connectivity index (χ2n) is 3.99. The van der Waals surface area contributed by atoms with Crippen molar-refractivity contribution in [3.63, 3.8) is 0 Å². The van der Waals surface area contributed by atoms with Gasteiger partial charge in [-0.1, -0.05) is 0 Å². The van der Waals surface area contributed by atoms with Gasteiger partial charge in [0.25, 0.3) is 0 Å². The molecule has 2 aromatic rings. The number of nitrogens with zero attached hydrogens (tertiary/aromatic N) is 4. The largest absolute Gasteiger partial charge is 0.350 e. The van der Waals surface area contributed by atoms with Gasteiger partial charge in [-0.3, -0.25) is 4.98 Å². The number of aromatic nitrogens is 3. The van der Waals surface area contributed by atoms with Gasteiger partial charge in [-0.2, -0.15) is 5.26 Å². The molecule has 2 aromatic heterocycles. The average molecular weight is 239 g/mol. The first-order valence-electron chi connectivity index (χ1n) is 5.58. The van der Waals surface area contributed by atoms with Crippen LogP contribution in [0.25, 0.3) is 0 Å². The van der Waals surface area contributed by atoms with E-state index >= 15 is 0 Å². The molecule has 0 amide bonds. The highest BCUT2D eigenvalue weighted by atomic mass is 15.1. The maximum atomic E-state index is 8.84. The van der Waals surface area contributed by atoms with Gasteiger partial charge in [0, 0.05) is 24.6 Å².